The number of amides is 1. The topological polar surface area (TPSA) is 88.3 Å². The van der Waals surface area contributed by atoms with Crippen molar-refractivity contribution in [2.45, 2.75) is 13.0 Å². The van der Waals surface area contributed by atoms with Crippen LogP contribution >= 0.6 is 0 Å². The number of hydrogen-bond donors (Lipinski definition) is 1. The molecule has 1 saturated heterocycles. The van der Waals surface area contributed by atoms with Gasteiger partial charge in [-0.3, -0.25) is 4.79 Å². The number of nitrogens with zero attached hydrogens (tertiary/aromatic N) is 3. The number of methoxy groups -OCH3 is 2. The Morgan fingerprint density at radius 1 is 1.03 bits per heavy atom. The first-order valence-corrected chi connectivity index (χ1v) is 10.5. The molecule has 0 unspecified atom stereocenters. The minimum Gasteiger partial charge on any atom is -0.493 e. The van der Waals surface area contributed by atoms with E-state index < -0.39 is 6.10 Å². The zero-order chi connectivity index (χ0) is 22.7. The molecule has 1 aromatic heterocycles. The van der Waals surface area contributed by atoms with Crippen molar-refractivity contribution in [1.29, 1.82) is 0 Å². The summed E-state index contributed by atoms with van der Waals surface area (Å²) >= 11 is 0. The van der Waals surface area contributed by atoms with Crippen molar-refractivity contribution in [2.75, 3.05) is 45.3 Å². The fourth-order valence-corrected chi connectivity index (χ4v) is 3.94. The minimum absolute atomic E-state index is 0.158. The summed E-state index contributed by atoms with van der Waals surface area (Å²) in [5.74, 6) is 1.03. The molecule has 1 N–H and O–H groups in total. The van der Waals surface area contributed by atoms with E-state index >= 15 is 0 Å². The highest BCUT2D eigenvalue weighted by molar-refractivity contribution is 6.01. The van der Waals surface area contributed by atoms with E-state index in [0.717, 1.165) is 18.8 Å². The summed E-state index contributed by atoms with van der Waals surface area (Å²) in [5, 5.41) is 14.4. The molecule has 0 saturated carbocycles. The molecule has 1 atom stereocenters. The van der Waals surface area contributed by atoms with Crippen LogP contribution in [0, 0.1) is 0 Å². The lowest BCUT2D eigenvalue weighted by atomic mass is 10.0. The molecule has 8 nitrogen and oxygen atoms in total. The van der Waals surface area contributed by atoms with Crippen molar-refractivity contribution >= 4 is 11.6 Å². The Morgan fingerprint density at radius 2 is 1.72 bits per heavy atom. The number of piperazine rings is 1. The number of benzene rings is 2. The Hall–Kier alpha value is -3.52. The molecule has 0 spiro atoms. The van der Waals surface area contributed by atoms with E-state index in [-0.39, 0.29) is 17.2 Å². The Kier molecular flexibility index (Phi) is 6.32. The summed E-state index contributed by atoms with van der Waals surface area (Å²) in [4.78, 5) is 17.6. The zero-order valence-corrected chi connectivity index (χ0v) is 18.4. The largest absolute Gasteiger partial charge is 0.493 e. The molecule has 1 amide bonds. The van der Waals surface area contributed by atoms with Crippen LogP contribution in [0.5, 0.6) is 11.5 Å². The number of rotatable bonds is 6. The highest BCUT2D eigenvalue weighted by Crippen LogP contribution is 2.36. The van der Waals surface area contributed by atoms with E-state index in [2.05, 4.69) is 22.2 Å². The zero-order valence-electron chi connectivity index (χ0n) is 18.4. The summed E-state index contributed by atoms with van der Waals surface area (Å²) in [6.07, 6.45) is -0.971. The predicted octanol–water partition coefficient (Wildman–Crippen LogP) is 3.37. The molecule has 32 heavy (non-hydrogen) atoms. The van der Waals surface area contributed by atoms with Crippen LogP contribution < -0.4 is 14.4 Å². The number of aliphatic hydroxyl groups is 1. The second kappa shape index (κ2) is 9.32. The van der Waals surface area contributed by atoms with Gasteiger partial charge in [0.05, 0.1) is 14.2 Å². The van der Waals surface area contributed by atoms with Crippen molar-refractivity contribution in [1.82, 2.24) is 10.1 Å². The van der Waals surface area contributed by atoms with E-state index in [1.165, 1.54) is 0 Å². The number of aromatic nitrogens is 1. The van der Waals surface area contributed by atoms with Gasteiger partial charge in [-0.05, 0) is 37.3 Å². The summed E-state index contributed by atoms with van der Waals surface area (Å²) in [5.41, 5.74) is 2.43. The standard InChI is InChI=1S/C24H27N3O5/c1-16(28)23-21(22(25-32-23)17-9-10-19(30-2)20(15-17)31-3)24(29)27-13-11-26(12-14-27)18-7-5-4-6-8-18/h4-10,15-16,28H,11-14H2,1-3H3/t16-/m0/s1. The van der Waals surface area contributed by atoms with Gasteiger partial charge in [0.15, 0.2) is 17.3 Å². The molecule has 2 aromatic carbocycles. The molecule has 0 aliphatic carbocycles. The van der Waals surface area contributed by atoms with Crippen LogP contribution in [0.4, 0.5) is 5.69 Å². The molecule has 4 rings (SSSR count). The van der Waals surface area contributed by atoms with Crippen LogP contribution in [0.15, 0.2) is 53.1 Å². The van der Waals surface area contributed by atoms with Gasteiger partial charge < -0.3 is 28.9 Å². The Bertz CT molecular complexity index is 1070. The molecule has 1 fully saturated rings. The highest BCUT2D eigenvalue weighted by atomic mass is 16.5. The van der Waals surface area contributed by atoms with Gasteiger partial charge in [-0.1, -0.05) is 23.4 Å². The molecular weight excluding hydrogens is 410 g/mol. The van der Waals surface area contributed by atoms with Crippen LogP contribution in [0.25, 0.3) is 11.3 Å². The Balaban J connectivity index is 1.62. The fourth-order valence-electron chi connectivity index (χ4n) is 3.94. The lowest BCUT2D eigenvalue weighted by Crippen LogP contribution is -2.49. The third kappa shape index (κ3) is 4.13. The summed E-state index contributed by atoms with van der Waals surface area (Å²) in [6, 6.07) is 15.4. The highest BCUT2D eigenvalue weighted by Gasteiger charge is 2.32. The first-order chi connectivity index (χ1) is 15.5. The number of anilines is 1. The number of hydrogen-bond acceptors (Lipinski definition) is 7. The van der Waals surface area contributed by atoms with Crippen LogP contribution in [0.1, 0.15) is 29.1 Å². The molecule has 168 valence electrons. The maximum absolute atomic E-state index is 13.5. The summed E-state index contributed by atoms with van der Waals surface area (Å²) in [6.45, 7) is 4.11. The van der Waals surface area contributed by atoms with E-state index in [0.29, 0.717) is 35.8 Å². The molecule has 0 bridgehead atoms. The van der Waals surface area contributed by atoms with Gasteiger partial charge in [0, 0.05) is 37.4 Å². The van der Waals surface area contributed by atoms with Crippen molar-refractivity contribution < 1.29 is 23.9 Å². The summed E-state index contributed by atoms with van der Waals surface area (Å²) in [7, 11) is 3.10. The lowest BCUT2D eigenvalue weighted by Gasteiger charge is -2.36. The third-order valence-electron chi connectivity index (χ3n) is 5.66. The first kappa shape index (κ1) is 21.7. The maximum atomic E-state index is 13.5. The van der Waals surface area contributed by atoms with Gasteiger partial charge in [-0.15, -0.1) is 0 Å². The van der Waals surface area contributed by atoms with E-state index in [9.17, 15) is 9.90 Å². The molecule has 1 aliphatic rings. The maximum Gasteiger partial charge on any atom is 0.259 e. The van der Waals surface area contributed by atoms with Crippen LogP contribution in [0.2, 0.25) is 0 Å². The monoisotopic (exact) mass is 437 g/mol. The first-order valence-electron chi connectivity index (χ1n) is 10.5. The van der Waals surface area contributed by atoms with E-state index in [1.807, 2.05) is 18.2 Å². The number of para-hydroxylation sites is 1. The molecule has 1 aliphatic heterocycles. The second-order valence-corrected chi connectivity index (χ2v) is 7.63. The Labute approximate surface area is 186 Å². The average molecular weight is 437 g/mol. The number of ether oxygens (including phenoxy) is 2. The van der Waals surface area contributed by atoms with Crippen LogP contribution in [-0.4, -0.2) is 61.5 Å². The average Bonchev–Trinajstić information content (AvgIpc) is 3.29. The van der Waals surface area contributed by atoms with Gasteiger partial charge in [0.2, 0.25) is 0 Å². The normalized spacial score (nSPS) is 14.9. The van der Waals surface area contributed by atoms with E-state index in [4.69, 9.17) is 14.0 Å². The Morgan fingerprint density at radius 3 is 2.34 bits per heavy atom. The van der Waals surface area contributed by atoms with Gasteiger partial charge in [0.1, 0.15) is 17.4 Å². The van der Waals surface area contributed by atoms with Crippen molar-refractivity contribution in [3.05, 3.63) is 59.9 Å². The SMILES string of the molecule is COc1ccc(-c2noc([C@H](C)O)c2C(=O)N2CCN(c3ccccc3)CC2)cc1OC. The fraction of sp³-hybridized carbons (Fsp3) is 0.333. The third-order valence-corrected chi connectivity index (χ3v) is 5.66. The van der Waals surface area contributed by atoms with Crippen molar-refractivity contribution in [2.24, 2.45) is 0 Å². The van der Waals surface area contributed by atoms with Gasteiger partial charge >= 0.3 is 0 Å². The predicted molar refractivity (Wildman–Crippen MR) is 120 cm³/mol. The van der Waals surface area contributed by atoms with Crippen LogP contribution in [-0.2, 0) is 0 Å². The molecule has 3 aromatic rings. The number of carbonyl (C=O) groups excluding carboxylic acids is 1. The van der Waals surface area contributed by atoms with Gasteiger partial charge in [-0.25, -0.2) is 0 Å². The molecule has 2 heterocycles. The number of carbonyl (C=O) groups is 1. The van der Waals surface area contributed by atoms with Crippen molar-refractivity contribution in [3.8, 4) is 22.8 Å². The molecule has 8 heteroatoms. The molecular formula is C24H27N3O5. The lowest BCUT2D eigenvalue weighted by molar-refractivity contribution is 0.0735. The van der Waals surface area contributed by atoms with Gasteiger partial charge in [-0.2, -0.15) is 0 Å². The van der Waals surface area contributed by atoms with Crippen molar-refractivity contribution in [3.63, 3.8) is 0 Å². The van der Waals surface area contributed by atoms with E-state index in [1.54, 1.807) is 44.2 Å². The van der Waals surface area contributed by atoms with Crippen LogP contribution in [0.3, 0.4) is 0 Å². The van der Waals surface area contributed by atoms with Gasteiger partial charge in [0.25, 0.3) is 5.91 Å². The quantitative estimate of drug-likeness (QED) is 0.632. The number of aliphatic hydroxyl groups excluding tert-OH is 1. The minimum atomic E-state index is -0.971. The summed E-state index contributed by atoms with van der Waals surface area (Å²) < 4.78 is 16.1. The second-order valence-electron chi connectivity index (χ2n) is 7.63. The molecule has 0 radical (unpaired) electrons. The smallest absolute Gasteiger partial charge is 0.259 e.